The Kier molecular flexibility index (Phi) is 6.59. The highest BCUT2D eigenvalue weighted by molar-refractivity contribution is 7.98. The molecule has 1 aromatic carbocycles. The molecule has 1 N–H and O–H groups in total. The summed E-state index contributed by atoms with van der Waals surface area (Å²) in [5.74, 6) is -1.60. The average molecular weight is 423 g/mol. The molecule has 0 aromatic heterocycles. The highest BCUT2D eigenvalue weighted by atomic mass is 32.2. The molecule has 0 spiro atoms. The fraction of sp³-hybridized carbons (Fsp3) is 0.474. The van der Waals surface area contributed by atoms with Crippen molar-refractivity contribution in [1.29, 1.82) is 0 Å². The molecule has 1 aliphatic heterocycles. The highest BCUT2D eigenvalue weighted by Crippen LogP contribution is 2.32. The van der Waals surface area contributed by atoms with Gasteiger partial charge in [-0.15, -0.1) is 16.9 Å². The Morgan fingerprint density at radius 3 is 2.34 bits per heavy atom. The van der Waals surface area contributed by atoms with Gasteiger partial charge in [-0.2, -0.15) is 5.06 Å². The third kappa shape index (κ3) is 4.70. The van der Waals surface area contributed by atoms with Gasteiger partial charge in [-0.1, -0.05) is 19.1 Å². The lowest BCUT2D eigenvalue weighted by Crippen LogP contribution is -2.59. The van der Waals surface area contributed by atoms with E-state index in [0.29, 0.717) is 10.7 Å². The summed E-state index contributed by atoms with van der Waals surface area (Å²) >= 11 is 1.53. The van der Waals surface area contributed by atoms with Crippen LogP contribution in [0.3, 0.4) is 0 Å². The predicted molar refractivity (Wildman–Crippen MR) is 106 cm³/mol. The first kappa shape index (κ1) is 22.7. The molecule has 2 rings (SSSR count). The SMILES string of the molecule is CCC(=O)ON1N=C(c2ccc(SC)cc2)C(C)(N(O)C(=O)OC(C)(C)C)C1=O. The van der Waals surface area contributed by atoms with Gasteiger partial charge in [-0.3, -0.25) is 10.0 Å². The van der Waals surface area contributed by atoms with E-state index in [0.717, 1.165) is 4.90 Å². The summed E-state index contributed by atoms with van der Waals surface area (Å²) in [4.78, 5) is 43.1. The standard InChI is InChI=1S/C19H25N3O6S/c1-7-14(23)28-22-16(24)19(5,21(26)17(25)27-18(2,3)4)15(20-22)12-8-10-13(29-6)11-9-12/h8-11,26H,7H2,1-6H3. The molecular weight excluding hydrogens is 398 g/mol. The molecule has 0 fully saturated rings. The third-order valence-corrected chi connectivity index (χ3v) is 4.82. The van der Waals surface area contributed by atoms with Crippen LogP contribution in [0.4, 0.5) is 4.79 Å². The zero-order chi connectivity index (χ0) is 22.0. The lowest BCUT2D eigenvalue weighted by atomic mass is 9.90. The minimum atomic E-state index is -1.96. The molecule has 0 aliphatic carbocycles. The molecule has 10 heteroatoms. The van der Waals surface area contributed by atoms with Gasteiger partial charge in [0.2, 0.25) is 0 Å². The maximum absolute atomic E-state index is 13.0. The van der Waals surface area contributed by atoms with Crippen LogP contribution >= 0.6 is 11.8 Å². The van der Waals surface area contributed by atoms with Crippen LogP contribution in [0.5, 0.6) is 0 Å². The molecule has 1 unspecified atom stereocenters. The van der Waals surface area contributed by atoms with Crippen LogP contribution in [-0.2, 0) is 19.2 Å². The normalized spacial score (nSPS) is 19.1. The number of thioether (sulfide) groups is 1. The number of hydrogen-bond donors (Lipinski definition) is 1. The van der Waals surface area contributed by atoms with Crippen molar-refractivity contribution >= 4 is 35.4 Å². The Bertz CT molecular complexity index is 833. The number of amides is 2. The molecule has 0 radical (unpaired) electrons. The first-order chi connectivity index (χ1) is 13.4. The van der Waals surface area contributed by atoms with E-state index < -0.39 is 29.1 Å². The number of carbonyl (C=O) groups is 3. The summed E-state index contributed by atoms with van der Waals surface area (Å²) < 4.78 is 5.18. The van der Waals surface area contributed by atoms with E-state index in [9.17, 15) is 19.6 Å². The molecular formula is C19H25N3O6S. The van der Waals surface area contributed by atoms with Crippen molar-refractivity contribution in [3.05, 3.63) is 29.8 Å². The van der Waals surface area contributed by atoms with Crippen LogP contribution in [0.1, 0.15) is 46.6 Å². The smallest absolute Gasteiger partial charge is 0.435 e. The second-order valence-corrected chi connectivity index (χ2v) is 8.32. The summed E-state index contributed by atoms with van der Waals surface area (Å²) in [5, 5.41) is 15.4. The fourth-order valence-electron chi connectivity index (χ4n) is 2.51. The minimum Gasteiger partial charge on any atom is -0.442 e. The van der Waals surface area contributed by atoms with Gasteiger partial charge in [0, 0.05) is 16.9 Å². The number of hydrazone groups is 1. The molecule has 9 nitrogen and oxygen atoms in total. The number of rotatable bonds is 5. The lowest BCUT2D eigenvalue weighted by molar-refractivity contribution is -0.206. The highest BCUT2D eigenvalue weighted by Gasteiger charge is 2.56. The molecule has 0 saturated carbocycles. The zero-order valence-corrected chi connectivity index (χ0v) is 18.1. The second-order valence-electron chi connectivity index (χ2n) is 7.44. The molecule has 1 atom stereocenters. The summed E-state index contributed by atoms with van der Waals surface area (Å²) in [6, 6.07) is 7.02. The Labute approximate surface area is 173 Å². The van der Waals surface area contributed by atoms with E-state index in [2.05, 4.69) is 5.10 Å². The number of hydroxylamine groups is 3. The Morgan fingerprint density at radius 2 is 1.86 bits per heavy atom. The monoisotopic (exact) mass is 423 g/mol. The summed E-state index contributed by atoms with van der Waals surface area (Å²) in [5.41, 5.74) is -2.36. The van der Waals surface area contributed by atoms with Gasteiger partial charge in [-0.05, 0) is 51.3 Å². The molecule has 1 heterocycles. The Balaban J connectivity index is 2.49. The van der Waals surface area contributed by atoms with E-state index in [1.807, 2.05) is 18.4 Å². The largest absolute Gasteiger partial charge is 0.442 e. The van der Waals surface area contributed by atoms with Gasteiger partial charge in [-0.25, -0.2) is 9.59 Å². The van der Waals surface area contributed by atoms with E-state index in [1.165, 1.54) is 18.7 Å². The minimum absolute atomic E-state index is 0.0165. The summed E-state index contributed by atoms with van der Waals surface area (Å²) in [6.45, 7) is 7.75. The van der Waals surface area contributed by atoms with Gasteiger partial charge in [0.15, 0.2) is 5.54 Å². The third-order valence-electron chi connectivity index (χ3n) is 4.07. The van der Waals surface area contributed by atoms with Crippen molar-refractivity contribution in [2.75, 3.05) is 6.26 Å². The van der Waals surface area contributed by atoms with Crippen molar-refractivity contribution in [2.24, 2.45) is 5.10 Å². The van der Waals surface area contributed by atoms with Crippen LogP contribution in [0.25, 0.3) is 0 Å². The van der Waals surface area contributed by atoms with Gasteiger partial charge in [0.25, 0.3) is 0 Å². The van der Waals surface area contributed by atoms with E-state index >= 15 is 0 Å². The van der Waals surface area contributed by atoms with Gasteiger partial charge in [0.05, 0.1) is 0 Å². The number of benzene rings is 1. The van der Waals surface area contributed by atoms with Crippen LogP contribution in [0, 0.1) is 0 Å². The van der Waals surface area contributed by atoms with Crippen molar-refractivity contribution < 1.29 is 29.2 Å². The molecule has 2 amide bonds. The van der Waals surface area contributed by atoms with E-state index in [1.54, 1.807) is 39.8 Å². The zero-order valence-electron chi connectivity index (χ0n) is 17.3. The molecule has 29 heavy (non-hydrogen) atoms. The maximum Gasteiger partial charge on any atom is 0.435 e. The number of ether oxygens (including phenoxy) is 1. The van der Waals surface area contributed by atoms with E-state index in [4.69, 9.17) is 9.57 Å². The lowest BCUT2D eigenvalue weighted by Gasteiger charge is -2.33. The molecule has 158 valence electrons. The number of carbonyl (C=O) groups excluding carboxylic acids is 3. The topological polar surface area (TPSA) is 109 Å². The molecule has 1 aromatic rings. The van der Waals surface area contributed by atoms with E-state index in [-0.39, 0.29) is 17.2 Å². The molecule has 1 aliphatic rings. The second kappa shape index (κ2) is 8.42. The van der Waals surface area contributed by atoms with Crippen molar-refractivity contribution in [3.8, 4) is 0 Å². The molecule has 0 saturated heterocycles. The Hall–Kier alpha value is -2.59. The fourth-order valence-corrected chi connectivity index (χ4v) is 2.92. The van der Waals surface area contributed by atoms with Crippen molar-refractivity contribution in [2.45, 2.75) is 57.1 Å². The quantitative estimate of drug-likeness (QED) is 0.440. The Morgan fingerprint density at radius 1 is 1.28 bits per heavy atom. The van der Waals surface area contributed by atoms with Gasteiger partial charge in [0.1, 0.15) is 11.3 Å². The maximum atomic E-state index is 13.0. The van der Waals surface area contributed by atoms with Crippen LogP contribution in [-0.4, -0.2) is 56.5 Å². The first-order valence-electron chi connectivity index (χ1n) is 8.95. The van der Waals surface area contributed by atoms with Crippen molar-refractivity contribution in [3.63, 3.8) is 0 Å². The van der Waals surface area contributed by atoms with Gasteiger partial charge >= 0.3 is 18.0 Å². The van der Waals surface area contributed by atoms with Crippen molar-refractivity contribution in [1.82, 2.24) is 10.2 Å². The first-order valence-corrected chi connectivity index (χ1v) is 10.2. The average Bonchev–Trinajstić information content (AvgIpc) is 2.91. The van der Waals surface area contributed by atoms with Crippen LogP contribution in [0.15, 0.2) is 34.3 Å². The summed E-state index contributed by atoms with van der Waals surface area (Å²) in [7, 11) is 0. The van der Waals surface area contributed by atoms with Crippen LogP contribution < -0.4 is 0 Å². The predicted octanol–water partition coefficient (Wildman–Crippen LogP) is 3.21. The summed E-state index contributed by atoms with van der Waals surface area (Å²) in [6.07, 6.45) is 0.799. The number of nitrogens with zero attached hydrogens (tertiary/aromatic N) is 3. The van der Waals surface area contributed by atoms with Gasteiger partial charge < -0.3 is 9.57 Å². The number of hydrogen-bond acceptors (Lipinski definition) is 8. The molecule has 0 bridgehead atoms. The van der Waals surface area contributed by atoms with Crippen LogP contribution in [0.2, 0.25) is 0 Å².